The van der Waals surface area contributed by atoms with Crippen molar-refractivity contribution in [3.8, 4) is 5.82 Å². The van der Waals surface area contributed by atoms with Gasteiger partial charge in [0.2, 0.25) is 5.95 Å². The van der Waals surface area contributed by atoms with E-state index in [9.17, 15) is 0 Å². The summed E-state index contributed by atoms with van der Waals surface area (Å²) in [6.45, 7) is 1.08. The van der Waals surface area contributed by atoms with E-state index in [0.29, 0.717) is 31.4 Å². The third kappa shape index (κ3) is 3.81. The number of hydrogen-bond acceptors (Lipinski definition) is 8. The molecule has 1 fully saturated rings. The zero-order valence-electron chi connectivity index (χ0n) is 17.3. The highest BCUT2D eigenvalue weighted by Gasteiger charge is 2.25. The molecule has 160 valence electrons. The van der Waals surface area contributed by atoms with Crippen molar-refractivity contribution in [1.29, 1.82) is 0 Å². The second-order valence-corrected chi connectivity index (χ2v) is 7.81. The number of nitrogens with zero attached hydrogens (tertiary/aromatic N) is 7. The van der Waals surface area contributed by atoms with E-state index in [1.165, 1.54) is 12.8 Å². The maximum Gasteiger partial charge on any atom is 0.224 e. The van der Waals surface area contributed by atoms with Crippen LogP contribution in [0.5, 0.6) is 0 Å². The molecule has 5 rings (SSSR count). The van der Waals surface area contributed by atoms with E-state index < -0.39 is 0 Å². The summed E-state index contributed by atoms with van der Waals surface area (Å²) in [7, 11) is 0. The van der Waals surface area contributed by atoms with Gasteiger partial charge < -0.3 is 21.4 Å². The van der Waals surface area contributed by atoms with Crippen LogP contribution < -0.4 is 16.8 Å². The summed E-state index contributed by atoms with van der Waals surface area (Å²) in [5, 5.41) is 7.57. The SMILES string of the molecule is NCCc1nc2c(NCc3ccc(-n4cccn4)nc3)nc(N)nc2n1C1CCCC1. The summed E-state index contributed by atoms with van der Waals surface area (Å²) >= 11 is 0. The lowest BCUT2D eigenvalue weighted by atomic mass is 10.2. The van der Waals surface area contributed by atoms with Gasteiger partial charge in [-0.15, -0.1) is 0 Å². The standard InChI is InChI=1S/C21H26N10/c22-9-8-17-27-18-19(28-21(23)29-20(18)31(17)15-4-1-2-5-15)25-13-14-6-7-16(24-12-14)30-11-3-10-26-30/h3,6-7,10-12,15H,1-2,4-5,8-9,13,22H2,(H3,23,25,28,29). The van der Waals surface area contributed by atoms with Gasteiger partial charge in [-0.25, -0.2) is 14.6 Å². The highest BCUT2D eigenvalue weighted by atomic mass is 15.3. The van der Waals surface area contributed by atoms with Gasteiger partial charge in [-0.2, -0.15) is 15.1 Å². The minimum Gasteiger partial charge on any atom is -0.368 e. The molecule has 4 heterocycles. The smallest absolute Gasteiger partial charge is 0.224 e. The number of rotatable bonds is 7. The molecule has 0 radical (unpaired) electrons. The third-order valence-electron chi connectivity index (χ3n) is 5.70. The van der Waals surface area contributed by atoms with Crippen molar-refractivity contribution in [2.45, 2.75) is 44.7 Å². The number of fused-ring (bicyclic) bond motifs is 1. The van der Waals surface area contributed by atoms with E-state index in [2.05, 4.69) is 29.9 Å². The lowest BCUT2D eigenvalue weighted by Gasteiger charge is -2.15. The predicted octanol–water partition coefficient (Wildman–Crippen LogP) is 2.22. The van der Waals surface area contributed by atoms with E-state index in [1.54, 1.807) is 10.9 Å². The molecule has 0 atom stereocenters. The largest absolute Gasteiger partial charge is 0.368 e. The normalized spacial score (nSPS) is 14.5. The van der Waals surface area contributed by atoms with Gasteiger partial charge in [0.15, 0.2) is 22.8 Å². The number of nitrogen functional groups attached to an aromatic ring is 1. The van der Waals surface area contributed by atoms with Crippen molar-refractivity contribution in [2.24, 2.45) is 5.73 Å². The van der Waals surface area contributed by atoms with Crippen LogP contribution in [0.25, 0.3) is 17.0 Å². The molecule has 0 saturated heterocycles. The molecule has 10 nitrogen and oxygen atoms in total. The predicted molar refractivity (Wildman–Crippen MR) is 119 cm³/mol. The molecule has 1 saturated carbocycles. The first-order chi connectivity index (χ1) is 15.2. The average Bonchev–Trinajstić information content (AvgIpc) is 3.53. The Kier molecular flexibility index (Phi) is 5.21. The zero-order valence-corrected chi connectivity index (χ0v) is 17.3. The van der Waals surface area contributed by atoms with Crippen LogP contribution >= 0.6 is 0 Å². The first kappa shape index (κ1) is 19.4. The van der Waals surface area contributed by atoms with Crippen molar-refractivity contribution in [3.05, 3.63) is 48.2 Å². The molecule has 5 N–H and O–H groups in total. The average molecular weight is 419 g/mol. The van der Waals surface area contributed by atoms with E-state index in [4.69, 9.17) is 16.5 Å². The Bertz CT molecular complexity index is 1160. The number of hydrogen-bond donors (Lipinski definition) is 3. The number of nitrogens with two attached hydrogens (primary N) is 2. The Morgan fingerprint density at radius 2 is 2.00 bits per heavy atom. The van der Waals surface area contributed by atoms with E-state index in [1.807, 2.05) is 30.6 Å². The third-order valence-corrected chi connectivity index (χ3v) is 5.70. The summed E-state index contributed by atoms with van der Waals surface area (Å²) in [4.78, 5) is 18.3. The molecule has 4 aromatic heterocycles. The molecule has 0 spiro atoms. The fourth-order valence-electron chi connectivity index (χ4n) is 4.26. The quantitative estimate of drug-likeness (QED) is 0.415. The molecule has 31 heavy (non-hydrogen) atoms. The van der Waals surface area contributed by atoms with Crippen LogP contribution in [0.1, 0.15) is 43.1 Å². The molecule has 10 heteroatoms. The van der Waals surface area contributed by atoms with Crippen LogP contribution in [0.4, 0.5) is 11.8 Å². The van der Waals surface area contributed by atoms with Crippen LogP contribution in [-0.2, 0) is 13.0 Å². The number of nitrogens with one attached hydrogen (secondary N) is 1. The fraction of sp³-hybridized carbons (Fsp3) is 0.381. The first-order valence-electron chi connectivity index (χ1n) is 10.7. The van der Waals surface area contributed by atoms with Gasteiger partial charge in [0.25, 0.3) is 0 Å². The van der Waals surface area contributed by atoms with Gasteiger partial charge in [-0.05, 0) is 37.1 Å². The van der Waals surface area contributed by atoms with Gasteiger partial charge in [0.05, 0.1) is 0 Å². The molecule has 0 unspecified atom stereocenters. The summed E-state index contributed by atoms with van der Waals surface area (Å²) < 4.78 is 3.96. The number of anilines is 2. The van der Waals surface area contributed by atoms with E-state index in [0.717, 1.165) is 41.2 Å². The highest BCUT2D eigenvalue weighted by molar-refractivity contribution is 5.84. The molecule has 1 aliphatic rings. The number of imidazole rings is 1. The highest BCUT2D eigenvalue weighted by Crippen LogP contribution is 2.34. The van der Waals surface area contributed by atoms with Gasteiger partial charge in [0.1, 0.15) is 5.82 Å². The maximum absolute atomic E-state index is 6.07. The Morgan fingerprint density at radius 3 is 2.71 bits per heavy atom. The van der Waals surface area contributed by atoms with Crippen molar-refractivity contribution in [3.63, 3.8) is 0 Å². The Morgan fingerprint density at radius 1 is 1.13 bits per heavy atom. The second-order valence-electron chi connectivity index (χ2n) is 7.81. The lowest BCUT2D eigenvalue weighted by Crippen LogP contribution is -2.14. The van der Waals surface area contributed by atoms with Crippen LogP contribution in [0.15, 0.2) is 36.8 Å². The monoisotopic (exact) mass is 418 g/mol. The summed E-state index contributed by atoms with van der Waals surface area (Å²) in [5.41, 5.74) is 14.5. The zero-order chi connectivity index (χ0) is 21.2. The molecule has 4 aromatic rings. The summed E-state index contributed by atoms with van der Waals surface area (Å²) in [6, 6.07) is 6.20. The van der Waals surface area contributed by atoms with Gasteiger partial charge in [0, 0.05) is 37.6 Å². The fourth-order valence-corrected chi connectivity index (χ4v) is 4.26. The first-order valence-corrected chi connectivity index (χ1v) is 10.7. The van der Waals surface area contributed by atoms with Gasteiger partial charge in [-0.1, -0.05) is 18.9 Å². The van der Waals surface area contributed by atoms with Crippen molar-refractivity contribution < 1.29 is 0 Å². The topological polar surface area (TPSA) is 138 Å². The molecule has 0 aliphatic heterocycles. The van der Waals surface area contributed by atoms with Crippen molar-refractivity contribution in [1.82, 2.24) is 34.3 Å². The molecule has 1 aliphatic carbocycles. The molecule has 0 bridgehead atoms. The second kappa shape index (κ2) is 8.31. The van der Waals surface area contributed by atoms with Crippen molar-refractivity contribution >= 4 is 22.9 Å². The summed E-state index contributed by atoms with van der Waals surface area (Å²) in [6.07, 6.45) is 10.8. The molecular formula is C21H26N10. The Labute approximate surface area is 179 Å². The van der Waals surface area contributed by atoms with Gasteiger partial charge in [-0.3, -0.25) is 0 Å². The van der Waals surface area contributed by atoms with E-state index in [-0.39, 0.29) is 5.95 Å². The minimum atomic E-state index is 0.237. The van der Waals surface area contributed by atoms with E-state index >= 15 is 0 Å². The van der Waals surface area contributed by atoms with Crippen LogP contribution in [0.3, 0.4) is 0 Å². The summed E-state index contributed by atoms with van der Waals surface area (Å²) in [5.74, 6) is 2.59. The van der Waals surface area contributed by atoms with Crippen LogP contribution in [0, 0.1) is 0 Å². The van der Waals surface area contributed by atoms with Crippen LogP contribution in [-0.4, -0.2) is 40.8 Å². The molecule has 0 aromatic carbocycles. The Balaban J connectivity index is 1.43. The Hall–Kier alpha value is -3.53. The van der Waals surface area contributed by atoms with Gasteiger partial charge >= 0.3 is 0 Å². The molecular weight excluding hydrogens is 392 g/mol. The maximum atomic E-state index is 6.07. The lowest BCUT2D eigenvalue weighted by molar-refractivity contribution is 0.507. The minimum absolute atomic E-state index is 0.237. The number of pyridine rings is 1. The van der Waals surface area contributed by atoms with Crippen LogP contribution in [0.2, 0.25) is 0 Å². The number of aromatic nitrogens is 7. The van der Waals surface area contributed by atoms with Crippen molar-refractivity contribution in [2.75, 3.05) is 17.6 Å². The molecule has 0 amide bonds.